The predicted octanol–water partition coefficient (Wildman–Crippen LogP) is 5.19. The van der Waals surface area contributed by atoms with Crippen molar-refractivity contribution in [2.45, 2.75) is 59.8 Å². The molecule has 1 saturated carbocycles. The smallest absolute Gasteiger partial charge is 0.226 e. The van der Waals surface area contributed by atoms with E-state index in [1.54, 1.807) is 11.1 Å². The van der Waals surface area contributed by atoms with Crippen molar-refractivity contribution in [3.63, 3.8) is 0 Å². The lowest BCUT2D eigenvalue weighted by Gasteiger charge is -2.14. The zero-order chi connectivity index (χ0) is 15.9. The second kappa shape index (κ2) is 5.57. The van der Waals surface area contributed by atoms with Gasteiger partial charge >= 0.3 is 0 Å². The second-order valence-corrected chi connectivity index (χ2v) is 7.48. The minimum atomic E-state index is 0.0129. The van der Waals surface area contributed by atoms with E-state index in [4.69, 9.17) is 0 Å². The third-order valence-corrected chi connectivity index (χ3v) is 5.28. The van der Waals surface area contributed by atoms with Crippen LogP contribution in [0.3, 0.4) is 0 Å². The highest BCUT2D eigenvalue weighted by molar-refractivity contribution is 5.93. The van der Waals surface area contributed by atoms with E-state index in [1.807, 2.05) is 13.8 Å². The first-order valence-corrected chi connectivity index (χ1v) is 8.57. The lowest BCUT2D eigenvalue weighted by atomic mass is 9.96. The molecule has 0 radical (unpaired) electrons. The summed E-state index contributed by atoms with van der Waals surface area (Å²) in [5, 5.41) is 3.06. The van der Waals surface area contributed by atoms with Crippen LogP contribution in [0.5, 0.6) is 0 Å². The Morgan fingerprint density at radius 2 is 2.00 bits per heavy atom. The molecule has 2 aliphatic carbocycles. The van der Waals surface area contributed by atoms with Crippen LogP contribution < -0.4 is 5.32 Å². The molecule has 0 aromatic heterocycles. The van der Waals surface area contributed by atoms with E-state index in [0.29, 0.717) is 5.41 Å². The number of hydrogen-bond donors (Lipinski definition) is 1. The third kappa shape index (κ3) is 2.84. The maximum absolute atomic E-state index is 11.9. The molecule has 1 aromatic rings. The molecule has 118 valence electrons. The Morgan fingerprint density at radius 1 is 1.27 bits per heavy atom. The first kappa shape index (κ1) is 15.3. The van der Waals surface area contributed by atoms with Gasteiger partial charge in [0.1, 0.15) is 0 Å². The summed E-state index contributed by atoms with van der Waals surface area (Å²) in [7, 11) is 0. The molecule has 0 atom stereocenters. The van der Waals surface area contributed by atoms with E-state index < -0.39 is 0 Å². The van der Waals surface area contributed by atoms with Gasteiger partial charge in [0.15, 0.2) is 0 Å². The number of rotatable bonds is 4. The molecule has 0 unspecified atom stereocenters. The summed E-state index contributed by atoms with van der Waals surface area (Å²) in [6, 6.07) is 6.57. The normalized spacial score (nSPS) is 19.1. The van der Waals surface area contributed by atoms with Crippen LogP contribution >= 0.6 is 0 Å². The highest BCUT2D eigenvalue weighted by Crippen LogP contribution is 2.61. The van der Waals surface area contributed by atoms with E-state index in [2.05, 4.69) is 37.4 Å². The summed E-state index contributed by atoms with van der Waals surface area (Å²) in [5.74, 6) is 0.106. The molecule has 2 aliphatic rings. The SMILES string of the molecule is CCc1cc(C2=C(C)CC3(CC3)C2)ccc1NC(=O)C(C)C. The number of amides is 1. The van der Waals surface area contributed by atoms with Crippen molar-refractivity contribution in [1.82, 2.24) is 0 Å². The number of aryl methyl sites for hydroxylation is 1. The molecule has 1 aromatic carbocycles. The van der Waals surface area contributed by atoms with Crippen LogP contribution in [0.15, 0.2) is 23.8 Å². The Balaban J connectivity index is 1.86. The Bertz CT molecular complexity index is 635. The van der Waals surface area contributed by atoms with Crippen LogP contribution in [-0.2, 0) is 11.2 Å². The molecule has 3 rings (SSSR count). The molecule has 1 spiro atoms. The van der Waals surface area contributed by atoms with E-state index >= 15 is 0 Å². The summed E-state index contributed by atoms with van der Waals surface area (Å²) in [6.07, 6.45) is 6.28. The molecule has 2 nitrogen and oxygen atoms in total. The highest BCUT2D eigenvalue weighted by Gasteiger charge is 2.47. The molecule has 2 heteroatoms. The van der Waals surface area contributed by atoms with Gasteiger partial charge in [0.25, 0.3) is 0 Å². The predicted molar refractivity (Wildman–Crippen MR) is 92.8 cm³/mol. The van der Waals surface area contributed by atoms with Crippen molar-refractivity contribution < 1.29 is 4.79 Å². The van der Waals surface area contributed by atoms with Crippen LogP contribution in [0.25, 0.3) is 5.57 Å². The molecule has 0 aliphatic heterocycles. The zero-order valence-electron chi connectivity index (χ0n) is 14.3. The largest absolute Gasteiger partial charge is 0.326 e. The number of benzene rings is 1. The topological polar surface area (TPSA) is 29.1 Å². The van der Waals surface area contributed by atoms with Crippen molar-refractivity contribution in [1.29, 1.82) is 0 Å². The minimum Gasteiger partial charge on any atom is -0.326 e. The van der Waals surface area contributed by atoms with E-state index in [0.717, 1.165) is 12.1 Å². The average molecular weight is 297 g/mol. The maximum Gasteiger partial charge on any atom is 0.226 e. The van der Waals surface area contributed by atoms with Gasteiger partial charge in [-0.05, 0) is 73.3 Å². The third-order valence-electron chi connectivity index (χ3n) is 5.28. The van der Waals surface area contributed by atoms with E-state index in [-0.39, 0.29) is 11.8 Å². The lowest BCUT2D eigenvalue weighted by molar-refractivity contribution is -0.118. The van der Waals surface area contributed by atoms with Gasteiger partial charge in [-0.15, -0.1) is 0 Å². The van der Waals surface area contributed by atoms with Crippen molar-refractivity contribution in [2.24, 2.45) is 11.3 Å². The number of anilines is 1. The van der Waals surface area contributed by atoms with E-state index in [9.17, 15) is 4.79 Å². The van der Waals surface area contributed by atoms with Gasteiger partial charge in [-0.25, -0.2) is 0 Å². The van der Waals surface area contributed by atoms with Crippen molar-refractivity contribution >= 4 is 17.2 Å². The molecule has 22 heavy (non-hydrogen) atoms. The molecule has 1 N–H and O–H groups in total. The monoisotopic (exact) mass is 297 g/mol. The summed E-state index contributed by atoms with van der Waals surface area (Å²) in [6.45, 7) is 8.30. The Kier molecular flexibility index (Phi) is 3.88. The minimum absolute atomic E-state index is 0.0129. The zero-order valence-corrected chi connectivity index (χ0v) is 14.3. The Labute approximate surface area is 134 Å². The van der Waals surface area contributed by atoms with Gasteiger partial charge in [-0.2, -0.15) is 0 Å². The van der Waals surface area contributed by atoms with Crippen molar-refractivity contribution in [3.05, 3.63) is 34.9 Å². The molecule has 0 bridgehead atoms. The van der Waals surface area contributed by atoms with Gasteiger partial charge in [0.05, 0.1) is 0 Å². The highest BCUT2D eigenvalue weighted by atomic mass is 16.1. The molecule has 0 saturated heterocycles. The standard InChI is InChI=1S/C20H27NO/c1-5-15-10-16(6-7-18(15)21-19(22)13(2)3)17-12-20(8-9-20)11-14(17)4/h6-7,10,13H,5,8-9,11-12H2,1-4H3,(H,21,22). The summed E-state index contributed by atoms with van der Waals surface area (Å²) >= 11 is 0. The number of nitrogens with one attached hydrogen (secondary N) is 1. The fourth-order valence-electron chi connectivity index (χ4n) is 3.61. The van der Waals surface area contributed by atoms with Gasteiger partial charge in [-0.3, -0.25) is 4.79 Å². The van der Waals surface area contributed by atoms with Crippen LogP contribution in [0.1, 0.15) is 64.5 Å². The Morgan fingerprint density at radius 3 is 2.55 bits per heavy atom. The summed E-state index contributed by atoms with van der Waals surface area (Å²) in [4.78, 5) is 11.9. The van der Waals surface area contributed by atoms with E-state index in [1.165, 1.54) is 36.8 Å². The van der Waals surface area contributed by atoms with Crippen LogP contribution in [0.4, 0.5) is 5.69 Å². The number of carbonyl (C=O) groups excluding carboxylic acids is 1. The molecule has 1 fully saturated rings. The molecular formula is C20H27NO. The fraction of sp³-hybridized carbons (Fsp3) is 0.550. The first-order chi connectivity index (χ1) is 10.4. The quantitative estimate of drug-likeness (QED) is 0.814. The van der Waals surface area contributed by atoms with Gasteiger partial charge in [-0.1, -0.05) is 32.4 Å². The van der Waals surface area contributed by atoms with Gasteiger partial charge < -0.3 is 5.32 Å². The number of carbonyl (C=O) groups is 1. The number of allylic oxidation sites excluding steroid dienone is 2. The first-order valence-electron chi connectivity index (χ1n) is 8.57. The second-order valence-electron chi connectivity index (χ2n) is 7.48. The van der Waals surface area contributed by atoms with Crippen LogP contribution in [-0.4, -0.2) is 5.91 Å². The van der Waals surface area contributed by atoms with Gasteiger partial charge in [0, 0.05) is 11.6 Å². The van der Waals surface area contributed by atoms with Crippen molar-refractivity contribution in [3.8, 4) is 0 Å². The molecular weight excluding hydrogens is 270 g/mol. The fourth-order valence-corrected chi connectivity index (χ4v) is 3.61. The summed E-state index contributed by atoms with van der Waals surface area (Å²) < 4.78 is 0. The lowest BCUT2D eigenvalue weighted by Crippen LogP contribution is -2.18. The molecule has 0 heterocycles. The van der Waals surface area contributed by atoms with Crippen molar-refractivity contribution in [2.75, 3.05) is 5.32 Å². The average Bonchev–Trinajstić information content (AvgIpc) is 3.15. The van der Waals surface area contributed by atoms with Gasteiger partial charge in [0.2, 0.25) is 5.91 Å². The summed E-state index contributed by atoms with van der Waals surface area (Å²) in [5.41, 5.74) is 7.31. The Hall–Kier alpha value is -1.57. The number of hydrogen-bond acceptors (Lipinski definition) is 1. The van der Waals surface area contributed by atoms with Crippen LogP contribution in [0, 0.1) is 11.3 Å². The van der Waals surface area contributed by atoms with Crippen LogP contribution in [0.2, 0.25) is 0 Å². The maximum atomic E-state index is 11.9. The molecule has 1 amide bonds.